The van der Waals surface area contributed by atoms with E-state index in [4.69, 9.17) is 11.6 Å². The van der Waals surface area contributed by atoms with Gasteiger partial charge >= 0.3 is 0 Å². The first kappa shape index (κ1) is 14.3. The van der Waals surface area contributed by atoms with Crippen molar-refractivity contribution in [3.05, 3.63) is 53.4 Å². The Morgan fingerprint density at radius 2 is 1.86 bits per heavy atom. The summed E-state index contributed by atoms with van der Waals surface area (Å²) in [7, 11) is 0. The molecule has 1 aliphatic rings. The van der Waals surface area contributed by atoms with Crippen LogP contribution in [-0.4, -0.2) is 41.0 Å². The Balaban J connectivity index is 1.64. The number of piperazine rings is 1. The van der Waals surface area contributed by atoms with E-state index < -0.39 is 0 Å². The van der Waals surface area contributed by atoms with Crippen LogP contribution >= 0.6 is 11.6 Å². The molecule has 1 atom stereocenters. The minimum absolute atomic E-state index is 0.389. The highest BCUT2D eigenvalue weighted by Crippen LogP contribution is 2.26. The van der Waals surface area contributed by atoms with Crippen LogP contribution in [0.25, 0.3) is 0 Å². The molecule has 0 N–H and O–H groups in total. The fourth-order valence-corrected chi connectivity index (χ4v) is 3.01. The Labute approximate surface area is 130 Å². The summed E-state index contributed by atoms with van der Waals surface area (Å²) in [6.07, 6.45) is 5.57. The minimum atomic E-state index is 0.389. The number of halogens is 1. The summed E-state index contributed by atoms with van der Waals surface area (Å²) >= 11 is 6.23. The number of hydrogen-bond donors (Lipinski definition) is 0. The molecule has 0 amide bonds. The quantitative estimate of drug-likeness (QED) is 0.872. The molecule has 21 heavy (non-hydrogen) atoms. The maximum absolute atomic E-state index is 6.23. The fourth-order valence-electron chi connectivity index (χ4n) is 2.76. The van der Waals surface area contributed by atoms with Gasteiger partial charge in [0.15, 0.2) is 0 Å². The van der Waals surface area contributed by atoms with Crippen LogP contribution in [0.15, 0.2) is 42.9 Å². The highest BCUT2D eigenvalue weighted by Gasteiger charge is 2.23. The van der Waals surface area contributed by atoms with E-state index in [9.17, 15) is 0 Å². The van der Waals surface area contributed by atoms with Gasteiger partial charge in [0.05, 0.1) is 5.02 Å². The summed E-state index contributed by atoms with van der Waals surface area (Å²) in [5.41, 5.74) is 1.27. The van der Waals surface area contributed by atoms with Gasteiger partial charge in [-0.25, -0.2) is 4.98 Å². The average Bonchev–Trinajstić information content (AvgIpc) is 2.56. The van der Waals surface area contributed by atoms with Gasteiger partial charge in [-0.05, 0) is 30.7 Å². The van der Waals surface area contributed by atoms with E-state index >= 15 is 0 Å². The third-order valence-corrected chi connectivity index (χ3v) is 4.36. The molecule has 0 spiro atoms. The zero-order valence-electron chi connectivity index (χ0n) is 12.1. The summed E-state index contributed by atoms with van der Waals surface area (Å²) in [6, 6.07) is 8.29. The first-order valence-corrected chi connectivity index (χ1v) is 7.63. The van der Waals surface area contributed by atoms with Crippen molar-refractivity contribution in [3.8, 4) is 0 Å². The molecular weight excluding hydrogens is 284 g/mol. The first-order valence-electron chi connectivity index (χ1n) is 7.25. The molecule has 0 aromatic carbocycles. The Morgan fingerprint density at radius 1 is 1.10 bits per heavy atom. The summed E-state index contributed by atoms with van der Waals surface area (Å²) in [6.45, 7) is 6.13. The van der Waals surface area contributed by atoms with Crippen molar-refractivity contribution >= 4 is 17.4 Å². The SMILES string of the molecule is CC(c1cccnc1)N1CCN(c2ncccc2Cl)CC1. The molecule has 1 fully saturated rings. The van der Waals surface area contributed by atoms with Gasteiger partial charge in [-0.1, -0.05) is 17.7 Å². The number of pyridine rings is 2. The monoisotopic (exact) mass is 302 g/mol. The van der Waals surface area contributed by atoms with E-state index in [0.717, 1.165) is 37.0 Å². The molecule has 2 aromatic rings. The number of rotatable bonds is 3. The molecule has 0 radical (unpaired) electrons. The van der Waals surface area contributed by atoms with Crippen LogP contribution in [0.3, 0.4) is 0 Å². The lowest BCUT2D eigenvalue weighted by molar-refractivity contribution is 0.198. The summed E-state index contributed by atoms with van der Waals surface area (Å²) in [5.74, 6) is 0.896. The van der Waals surface area contributed by atoms with Gasteiger partial charge in [-0.2, -0.15) is 0 Å². The van der Waals surface area contributed by atoms with E-state index in [2.05, 4.69) is 32.8 Å². The van der Waals surface area contributed by atoms with E-state index in [1.807, 2.05) is 30.6 Å². The van der Waals surface area contributed by atoms with Gasteiger partial charge in [-0.3, -0.25) is 9.88 Å². The predicted octanol–water partition coefficient (Wildman–Crippen LogP) is 3.01. The first-order chi connectivity index (χ1) is 10.3. The van der Waals surface area contributed by atoms with Gasteiger partial charge in [0.2, 0.25) is 0 Å². The lowest BCUT2D eigenvalue weighted by Gasteiger charge is -2.38. The lowest BCUT2D eigenvalue weighted by atomic mass is 10.1. The van der Waals surface area contributed by atoms with Crippen molar-refractivity contribution in [2.45, 2.75) is 13.0 Å². The average molecular weight is 303 g/mol. The van der Waals surface area contributed by atoms with Crippen LogP contribution in [0.2, 0.25) is 5.02 Å². The number of hydrogen-bond acceptors (Lipinski definition) is 4. The van der Waals surface area contributed by atoms with Crippen molar-refractivity contribution in [2.75, 3.05) is 31.1 Å². The zero-order valence-corrected chi connectivity index (χ0v) is 12.9. The third kappa shape index (κ3) is 3.17. The maximum Gasteiger partial charge on any atom is 0.147 e. The van der Waals surface area contributed by atoms with Crippen LogP contribution in [0, 0.1) is 0 Å². The van der Waals surface area contributed by atoms with Crippen LogP contribution < -0.4 is 4.90 Å². The number of nitrogens with zero attached hydrogens (tertiary/aromatic N) is 4. The van der Waals surface area contributed by atoms with E-state index in [1.165, 1.54) is 5.56 Å². The summed E-state index contributed by atoms with van der Waals surface area (Å²) in [5, 5.41) is 0.728. The molecule has 0 bridgehead atoms. The smallest absolute Gasteiger partial charge is 0.147 e. The molecule has 1 unspecified atom stereocenters. The molecule has 3 heterocycles. The second-order valence-corrected chi connectivity index (χ2v) is 5.70. The normalized spacial score (nSPS) is 17.7. The molecule has 4 nitrogen and oxygen atoms in total. The zero-order chi connectivity index (χ0) is 14.7. The van der Waals surface area contributed by atoms with Crippen LogP contribution in [-0.2, 0) is 0 Å². The van der Waals surface area contributed by atoms with Crippen molar-refractivity contribution in [1.82, 2.24) is 14.9 Å². The molecule has 0 aliphatic carbocycles. The largest absolute Gasteiger partial charge is 0.353 e. The summed E-state index contributed by atoms with van der Waals surface area (Å²) in [4.78, 5) is 13.3. The molecule has 2 aromatic heterocycles. The second kappa shape index (κ2) is 6.41. The topological polar surface area (TPSA) is 32.3 Å². The maximum atomic E-state index is 6.23. The molecule has 1 aliphatic heterocycles. The van der Waals surface area contributed by atoms with Crippen molar-refractivity contribution < 1.29 is 0 Å². The highest BCUT2D eigenvalue weighted by atomic mass is 35.5. The molecular formula is C16H19ClN4. The van der Waals surface area contributed by atoms with Crippen molar-refractivity contribution in [2.24, 2.45) is 0 Å². The van der Waals surface area contributed by atoms with E-state index in [1.54, 1.807) is 6.20 Å². The van der Waals surface area contributed by atoms with Crippen molar-refractivity contribution in [3.63, 3.8) is 0 Å². The molecule has 110 valence electrons. The second-order valence-electron chi connectivity index (χ2n) is 5.29. The number of anilines is 1. The summed E-state index contributed by atoms with van der Waals surface area (Å²) < 4.78 is 0. The minimum Gasteiger partial charge on any atom is -0.353 e. The van der Waals surface area contributed by atoms with Gasteiger partial charge in [0, 0.05) is 50.8 Å². The van der Waals surface area contributed by atoms with Crippen molar-refractivity contribution in [1.29, 1.82) is 0 Å². The van der Waals surface area contributed by atoms with E-state index in [0.29, 0.717) is 6.04 Å². The van der Waals surface area contributed by atoms with Gasteiger partial charge < -0.3 is 4.90 Å². The third-order valence-electron chi connectivity index (χ3n) is 4.07. The van der Waals surface area contributed by atoms with Gasteiger partial charge in [0.25, 0.3) is 0 Å². The Bertz CT molecular complexity index is 582. The molecule has 5 heteroatoms. The van der Waals surface area contributed by atoms with E-state index in [-0.39, 0.29) is 0 Å². The Hall–Kier alpha value is -1.65. The molecule has 3 rings (SSSR count). The number of aromatic nitrogens is 2. The lowest BCUT2D eigenvalue weighted by Crippen LogP contribution is -2.47. The molecule has 0 saturated carbocycles. The standard InChI is InChI=1S/C16H19ClN4/c1-13(14-4-2-6-18-12-14)20-8-10-21(11-9-20)16-15(17)5-3-7-19-16/h2-7,12-13H,8-11H2,1H3. The Morgan fingerprint density at radius 3 is 2.52 bits per heavy atom. The highest BCUT2D eigenvalue weighted by molar-refractivity contribution is 6.32. The Kier molecular flexibility index (Phi) is 4.36. The fraction of sp³-hybridized carbons (Fsp3) is 0.375. The van der Waals surface area contributed by atoms with Crippen LogP contribution in [0.1, 0.15) is 18.5 Å². The van der Waals surface area contributed by atoms with Crippen LogP contribution in [0.5, 0.6) is 0 Å². The van der Waals surface area contributed by atoms with Crippen LogP contribution in [0.4, 0.5) is 5.82 Å². The molecule has 1 saturated heterocycles. The van der Waals surface area contributed by atoms with Gasteiger partial charge in [0.1, 0.15) is 5.82 Å². The van der Waals surface area contributed by atoms with Gasteiger partial charge in [-0.15, -0.1) is 0 Å². The predicted molar refractivity (Wildman–Crippen MR) is 85.7 cm³/mol.